The van der Waals surface area contributed by atoms with Gasteiger partial charge in [-0.05, 0) is 31.0 Å². The lowest BCUT2D eigenvalue weighted by Gasteiger charge is -2.19. The number of hydrogen-bond donors (Lipinski definition) is 2. The molecule has 0 aliphatic carbocycles. The first kappa shape index (κ1) is 15.6. The van der Waals surface area contributed by atoms with Gasteiger partial charge in [-0.2, -0.15) is 0 Å². The molecule has 21 heavy (non-hydrogen) atoms. The van der Waals surface area contributed by atoms with Crippen LogP contribution in [0.5, 0.6) is 0 Å². The van der Waals surface area contributed by atoms with Crippen molar-refractivity contribution in [3.05, 3.63) is 65.2 Å². The minimum atomic E-state index is -0.570. The maximum absolute atomic E-state index is 12.9. The number of nitrogens with one attached hydrogen (secondary N) is 1. The van der Waals surface area contributed by atoms with Crippen molar-refractivity contribution in [2.45, 2.75) is 32.4 Å². The molecule has 0 spiro atoms. The summed E-state index contributed by atoms with van der Waals surface area (Å²) in [7, 11) is 0. The fraction of sp³-hybridized carbons (Fsp3) is 0.353. The smallest absolute Gasteiger partial charge is 0.141 e. The number of pyridine rings is 1. The molecule has 2 atom stereocenters. The quantitative estimate of drug-likeness (QED) is 0.857. The third kappa shape index (κ3) is 4.34. The SMILES string of the molecule is CCC(NCC(O)c1cccc(C)c1)c1ccc(F)cn1. The molecule has 2 rings (SSSR count). The van der Waals surface area contributed by atoms with E-state index in [0.717, 1.165) is 23.2 Å². The summed E-state index contributed by atoms with van der Waals surface area (Å²) in [5, 5.41) is 13.5. The predicted octanol–water partition coefficient (Wildman–Crippen LogP) is 3.30. The second-order valence-electron chi connectivity index (χ2n) is 5.20. The molecule has 0 aliphatic heterocycles. The second-order valence-corrected chi connectivity index (χ2v) is 5.20. The highest BCUT2D eigenvalue weighted by molar-refractivity contribution is 5.24. The molecule has 0 radical (unpaired) electrons. The van der Waals surface area contributed by atoms with Gasteiger partial charge in [0, 0.05) is 12.6 Å². The topological polar surface area (TPSA) is 45.1 Å². The van der Waals surface area contributed by atoms with Gasteiger partial charge in [0.15, 0.2) is 0 Å². The summed E-state index contributed by atoms with van der Waals surface area (Å²) in [4.78, 5) is 4.10. The van der Waals surface area contributed by atoms with Gasteiger partial charge in [0.25, 0.3) is 0 Å². The maximum Gasteiger partial charge on any atom is 0.141 e. The molecule has 1 aromatic carbocycles. The monoisotopic (exact) mass is 288 g/mol. The number of aromatic nitrogens is 1. The Labute approximate surface area is 124 Å². The highest BCUT2D eigenvalue weighted by Gasteiger charge is 2.14. The fourth-order valence-electron chi connectivity index (χ4n) is 2.30. The van der Waals surface area contributed by atoms with Crippen LogP contribution in [-0.4, -0.2) is 16.6 Å². The normalized spacial score (nSPS) is 13.9. The molecule has 0 aliphatic rings. The van der Waals surface area contributed by atoms with Gasteiger partial charge in [-0.15, -0.1) is 0 Å². The van der Waals surface area contributed by atoms with E-state index in [2.05, 4.69) is 10.3 Å². The van der Waals surface area contributed by atoms with Crippen molar-refractivity contribution in [2.75, 3.05) is 6.54 Å². The van der Waals surface area contributed by atoms with Crippen molar-refractivity contribution in [1.82, 2.24) is 10.3 Å². The Balaban J connectivity index is 1.98. The highest BCUT2D eigenvalue weighted by atomic mass is 19.1. The minimum absolute atomic E-state index is 0.00468. The van der Waals surface area contributed by atoms with E-state index in [9.17, 15) is 9.50 Å². The van der Waals surface area contributed by atoms with Gasteiger partial charge in [0.1, 0.15) is 5.82 Å². The van der Waals surface area contributed by atoms with Gasteiger partial charge in [-0.25, -0.2) is 4.39 Å². The summed E-state index contributed by atoms with van der Waals surface area (Å²) in [6.07, 6.45) is 1.47. The van der Waals surface area contributed by atoms with Crippen molar-refractivity contribution in [2.24, 2.45) is 0 Å². The zero-order valence-corrected chi connectivity index (χ0v) is 12.4. The molecular weight excluding hydrogens is 267 g/mol. The summed E-state index contributed by atoms with van der Waals surface area (Å²) in [6.45, 7) is 4.46. The lowest BCUT2D eigenvalue weighted by molar-refractivity contribution is 0.169. The van der Waals surface area contributed by atoms with E-state index < -0.39 is 6.10 Å². The van der Waals surface area contributed by atoms with Crippen LogP contribution in [0.15, 0.2) is 42.6 Å². The highest BCUT2D eigenvalue weighted by Crippen LogP contribution is 2.18. The van der Waals surface area contributed by atoms with Crippen molar-refractivity contribution in [3.8, 4) is 0 Å². The van der Waals surface area contributed by atoms with Crippen molar-refractivity contribution in [1.29, 1.82) is 0 Å². The van der Waals surface area contributed by atoms with Gasteiger partial charge in [-0.3, -0.25) is 4.98 Å². The van der Waals surface area contributed by atoms with E-state index in [-0.39, 0.29) is 11.9 Å². The lowest BCUT2D eigenvalue weighted by Crippen LogP contribution is -2.26. The third-order valence-corrected chi connectivity index (χ3v) is 3.50. The Morgan fingerprint density at radius 2 is 2.10 bits per heavy atom. The molecule has 1 aromatic heterocycles. The van der Waals surface area contributed by atoms with Gasteiger partial charge in [0.2, 0.25) is 0 Å². The molecule has 0 amide bonds. The zero-order chi connectivity index (χ0) is 15.2. The summed E-state index contributed by atoms with van der Waals surface area (Å²) in [5.41, 5.74) is 2.80. The molecular formula is C17H21FN2O. The number of halogens is 1. The molecule has 2 N–H and O–H groups in total. The van der Waals surface area contributed by atoms with Crippen molar-refractivity contribution >= 4 is 0 Å². The van der Waals surface area contributed by atoms with E-state index >= 15 is 0 Å². The number of aliphatic hydroxyl groups is 1. The Hall–Kier alpha value is -1.78. The zero-order valence-electron chi connectivity index (χ0n) is 12.4. The first-order chi connectivity index (χ1) is 10.1. The van der Waals surface area contributed by atoms with Gasteiger partial charge in [-0.1, -0.05) is 36.8 Å². The van der Waals surface area contributed by atoms with Crippen LogP contribution in [0.25, 0.3) is 0 Å². The Morgan fingerprint density at radius 1 is 1.29 bits per heavy atom. The average Bonchev–Trinajstić information content (AvgIpc) is 2.49. The molecule has 112 valence electrons. The number of hydrogen-bond acceptors (Lipinski definition) is 3. The average molecular weight is 288 g/mol. The number of benzene rings is 1. The van der Waals surface area contributed by atoms with Crippen LogP contribution in [0.4, 0.5) is 4.39 Å². The van der Waals surface area contributed by atoms with Crippen LogP contribution in [-0.2, 0) is 0 Å². The largest absolute Gasteiger partial charge is 0.387 e. The molecule has 0 saturated carbocycles. The van der Waals surface area contributed by atoms with Crippen molar-refractivity contribution < 1.29 is 9.50 Å². The molecule has 0 fully saturated rings. The van der Waals surface area contributed by atoms with Crippen LogP contribution in [0.2, 0.25) is 0 Å². The molecule has 2 aromatic rings. The minimum Gasteiger partial charge on any atom is -0.387 e. The number of nitrogens with zero attached hydrogens (tertiary/aromatic N) is 1. The van der Waals surface area contributed by atoms with E-state index in [0.29, 0.717) is 6.54 Å². The van der Waals surface area contributed by atoms with E-state index in [1.54, 1.807) is 6.07 Å². The van der Waals surface area contributed by atoms with Crippen LogP contribution in [0.3, 0.4) is 0 Å². The molecule has 0 saturated heterocycles. The standard InChI is InChI=1S/C17H21FN2O/c1-3-15(16-8-7-14(18)10-19-16)20-11-17(21)13-6-4-5-12(2)9-13/h4-10,15,17,20-21H,3,11H2,1-2H3. The van der Waals surface area contributed by atoms with Crippen LogP contribution in [0.1, 0.15) is 42.3 Å². The number of aryl methyl sites for hydroxylation is 1. The van der Waals surface area contributed by atoms with Crippen LogP contribution >= 0.6 is 0 Å². The Morgan fingerprint density at radius 3 is 2.71 bits per heavy atom. The summed E-state index contributed by atoms with van der Waals surface area (Å²) in [6, 6.07) is 10.9. The van der Waals surface area contributed by atoms with Gasteiger partial charge >= 0.3 is 0 Å². The van der Waals surface area contributed by atoms with Gasteiger partial charge < -0.3 is 10.4 Å². The fourth-order valence-corrected chi connectivity index (χ4v) is 2.30. The third-order valence-electron chi connectivity index (χ3n) is 3.50. The second kappa shape index (κ2) is 7.29. The van der Waals surface area contributed by atoms with E-state index in [4.69, 9.17) is 0 Å². The summed E-state index contributed by atoms with van der Waals surface area (Å²) >= 11 is 0. The number of aliphatic hydroxyl groups excluding tert-OH is 1. The maximum atomic E-state index is 12.9. The Bertz CT molecular complexity index is 571. The number of rotatable bonds is 6. The summed E-state index contributed by atoms with van der Waals surface area (Å²) in [5.74, 6) is -0.339. The molecule has 2 unspecified atom stereocenters. The lowest BCUT2D eigenvalue weighted by atomic mass is 10.1. The first-order valence-corrected chi connectivity index (χ1v) is 7.19. The summed E-state index contributed by atoms with van der Waals surface area (Å²) < 4.78 is 12.9. The molecule has 1 heterocycles. The molecule has 3 nitrogen and oxygen atoms in total. The predicted molar refractivity (Wildman–Crippen MR) is 81.4 cm³/mol. The molecule has 0 bridgehead atoms. The van der Waals surface area contributed by atoms with E-state index in [1.165, 1.54) is 12.3 Å². The first-order valence-electron chi connectivity index (χ1n) is 7.19. The molecule has 4 heteroatoms. The van der Waals surface area contributed by atoms with Crippen LogP contribution in [0, 0.1) is 12.7 Å². The van der Waals surface area contributed by atoms with Crippen LogP contribution < -0.4 is 5.32 Å². The van der Waals surface area contributed by atoms with Gasteiger partial charge in [0.05, 0.1) is 18.0 Å². The van der Waals surface area contributed by atoms with Crippen molar-refractivity contribution in [3.63, 3.8) is 0 Å². The van der Waals surface area contributed by atoms with E-state index in [1.807, 2.05) is 38.1 Å². The Kier molecular flexibility index (Phi) is 5.42.